The molecule has 1 aromatic carbocycles. The Morgan fingerprint density at radius 2 is 2.00 bits per heavy atom. The van der Waals surface area contributed by atoms with Gasteiger partial charge in [-0.05, 0) is 51.0 Å². The van der Waals surface area contributed by atoms with E-state index in [4.69, 9.17) is 5.73 Å². The standard InChI is InChI=1S/C16H27N3/c1-18(2)13-16-8-5-10-19(16)11-9-14-6-3-4-7-15(14)12-17/h3-4,6-7,16H,5,8-13,17H2,1-2H3. The van der Waals surface area contributed by atoms with Gasteiger partial charge in [-0.1, -0.05) is 24.3 Å². The van der Waals surface area contributed by atoms with Crippen LogP contribution >= 0.6 is 0 Å². The summed E-state index contributed by atoms with van der Waals surface area (Å²) in [4.78, 5) is 4.95. The van der Waals surface area contributed by atoms with Crippen LogP contribution in [0.5, 0.6) is 0 Å². The van der Waals surface area contributed by atoms with E-state index >= 15 is 0 Å². The van der Waals surface area contributed by atoms with Crippen molar-refractivity contribution in [2.75, 3.05) is 33.7 Å². The number of benzene rings is 1. The fourth-order valence-corrected chi connectivity index (χ4v) is 3.08. The minimum Gasteiger partial charge on any atom is -0.326 e. The van der Waals surface area contributed by atoms with Crippen LogP contribution in [-0.4, -0.2) is 49.6 Å². The van der Waals surface area contributed by atoms with Gasteiger partial charge in [0.1, 0.15) is 0 Å². The fraction of sp³-hybridized carbons (Fsp3) is 0.625. The lowest BCUT2D eigenvalue weighted by Gasteiger charge is -2.27. The van der Waals surface area contributed by atoms with E-state index in [1.54, 1.807) is 0 Å². The molecule has 1 heterocycles. The average Bonchev–Trinajstić information content (AvgIpc) is 2.83. The highest BCUT2D eigenvalue weighted by Gasteiger charge is 2.24. The Balaban J connectivity index is 1.90. The Bertz CT molecular complexity index is 389. The summed E-state index contributed by atoms with van der Waals surface area (Å²) in [5, 5.41) is 0. The third-order valence-corrected chi connectivity index (χ3v) is 4.08. The van der Waals surface area contributed by atoms with Crippen molar-refractivity contribution >= 4 is 0 Å². The molecule has 1 atom stereocenters. The lowest BCUT2D eigenvalue weighted by molar-refractivity contribution is 0.210. The number of likely N-dealkylation sites (N-methyl/N-ethyl adjacent to an activating group) is 1. The molecular weight excluding hydrogens is 234 g/mol. The summed E-state index contributed by atoms with van der Waals surface area (Å²) < 4.78 is 0. The molecule has 0 amide bonds. The lowest BCUT2D eigenvalue weighted by Crippen LogP contribution is -2.38. The quantitative estimate of drug-likeness (QED) is 0.846. The zero-order chi connectivity index (χ0) is 13.7. The molecule has 19 heavy (non-hydrogen) atoms. The normalized spacial score (nSPS) is 20.3. The van der Waals surface area contributed by atoms with Gasteiger partial charge in [0.2, 0.25) is 0 Å². The van der Waals surface area contributed by atoms with Gasteiger partial charge in [-0.15, -0.1) is 0 Å². The second-order valence-corrected chi connectivity index (χ2v) is 5.82. The molecular formula is C16H27N3. The van der Waals surface area contributed by atoms with Crippen LogP contribution in [0.2, 0.25) is 0 Å². The van der Waals surface area contributed by atoms with Crippen LogP contribution in [-0.2, 0) is 13.0 Å². The van der Waals surface area contributed by atoms with Gasteiger partial charge in [-0.3, -0.25) is 4.90 Å². The Labute approximate surface area is 117 Å². The maximum Gasteiger partial charge on any atom is 0.0223 e. The summed E-state index contributed by atoms with van der Waals surface area (Å²) in [7, 11) is 4.33. The Hall–Kier alpha value is -0.900. The molecule has 3 heteroatoms. The Morgan fingerprint density at radius 1 is 1.26 bits per heavy atom. The van der Waals surface area contributed by atoms with Crippen molar-refractivity contribution in [2.24, 2.45) is 5.73 Å². The predicted octanol–water partition coefficient (Wildman–Crippen LogP) is 1.71. The SMILES string of the molecule is CN(C)CC1CCCN1CCc1ccccc1CN. The minimum atomic E-state index is 0.650. The van der Waals surface area contributed by atoms with Gasteiger partial charge in [-0.2, -0.15) is 0 Å². The molecule has 0 aromatic heterocycles. The zero-order valence-corrected chi connectivity index (χ0v) is 12.3. The van der Waals surface area contributed by atoms with E-state index in [0.29, 0.717) is 6.54 Å². The number of rotatable bonds is 6. The van der Waals surface area contributed by atoms with Crippen LogP contribution in [0.25, 0.3) is 0 Å². The number of nitrogens with zero attached hydrogens (tertiary/aromatic N) is 2. The Morgan fingerprint density at radius 3 is 2.68 bits per heavy atom. The van der Waals surface area contributed by atoms with Crippen molar-refractivity contribution < 1.29 is 0 Å². The highest BCUT2D eigenvalue weighted by Crippen LogP contribution is 2.19. The second-order valence-electron chi connectivity index (χ2n) is 5.82. The molecule has 3 nitrogen and oxygen atoms in total. The number of nitrogens with two attached hydrogens (primary N) is 1. The van der Waals surface area contributed by atoms with E-state index in [0.717, 1.165) is 19.0 Å². The maximum atomic E-state index is 5.81. The van der Waals surface area contributed by atoms with E-state index in [1.807, 2.05) is 0 Å². The predicted molar refractivity (Wildman–Crippen MR) is 81.2 cm³/mol. The largest absolute Gasteiger partial charge is 0.326 e. The van der Waals surface area contributed by atoms with Gasteiger partial charge in [0.15, 0.2) is 0 Å². The summed E-state index contributed by atoms with van der Waals surface area (Å²) in [5.74, 6) is 0. The first kappa shape index (κ1) is 14.5. The van der Waals surface area contributed by atoms with Crippen LogP contribution in [0, 0.1) is 0 Å². The van der Waals surface area contributed by atoms with E-state index in [2.05, 4.69) is 48.2 Å². The van der Waals surface area contributed by atoms with Crippen molar-refractivity contribution in [3.63, 3.8) is 0 Å². The number of hydrogen-bond donors (Lipinski definition) is 1. The lowest BCUT2D eigenvalue weighted by atomic mass is 10.0. The molecule has 1 fully saturated rings. The molecule has 0 saturated carbocycles. The average molecular weight is 261 g/mol. The molecule has 106 valence electrons. The molecule has 2 rings (SSSR count). The van der Waals surface area contributed by atoms with Crippen LogP contribution in [0.1, 0.15) is 24.0 Å². The third-order valence-electron chi connectivity index (χ3n) is 4.08. The van der Waals surface area contributed by atoms with Crippen molar-refractivity contribution in [3.8, 4) is 0 Å². The van der Waals surface area contributed by atoms with Crippen molar-refractivity contribution in [1.82, 2.24) is 9.80 Å². The van der Waals surface area contributed by atoms with E-state index < -0.39 is 0 Å². The van der Waals surface area contributed by atoms with Gasteiger partial charge in [0.05, 0.1) is 0 Å². The molecule has 1 aromatic rings. The summed E-state index contributed by atoms with van der Waals surface area (Å²) in [6.45, 7) is 4.24. The second kappa shape index (κ2) is 7.04. The first-order chi connectivity index (χ1) is 9.20. The molecule has 0 spiro atoms. The molecule has 0 radical (unpaired) electrons. The van der Waals surface area contributed by atoms with E-state index in [1.165, 1.54) is 37.1 Å². The van der Waals surface area contributed by atoms with Gasteiger partial charge >= 0.3 is 0 Å². The summed E-state index contributed by atoms with van der Waals surface area (Å²) >= 11 is 0. The highest BCUT2D eigenvalue weighted by molar-refractivity contribution is 5.27. The topological polar surface area (TPSA) is 32.5 Å². The minimum absolute atomic E-state index is 0.650. The van der Waals surface area contributed by atoms with Crippen molar-refractivity contribution in [1.29, 1.82) is 0 Å². The molecule has 1 aliphatic rings. The molecule has 1 saturated heterocycles. The van der Waals surface area contributed by atoms with E-state index in [-0.39, 0.29) is 0 Å². The van der Waals surface area contributed by atoms with Crippen LogP contribution in [0.3, 0.4) is 0 Å². The van der Waals surface area contributed by atoms with E-state index in [9.17, 15) is 0 Å². The first-order valence-corrected chi connectivity index (χ1v) is 7.36. The summed E-state index contributed by atoms with van der Waals surface area (Å²) in [5.41, 5.74) is 8.52. The highest BCUT2D eigenvalue weighted by atomic mass is 15.2. The molecule has 0 bridgehead atoms. The van der Waals surface area contributed by atoms with Crippen molar-refractivity contribution in [3.05, 3.63) is 35.4 Å². The Kier molecular flexibility index (Phi) is 5.37. The third kappa shape index (κ3) is 4.03. The van der Waals surface area contributed by atoms with Gasteiger partial charge in [0, 0.05) is 25.7 Å². The molecule has 1 unspecified atom stereocenters. The van der Waals surface area contributed by atoms with Gasteiger partial charge < -0.3 is 10.6 Å². The molecule has 2 N–H and O–H groups in total. The summed E-state index contributed by atoms with van der Waals surface area (Å²) in [6.07, 6.45) is 3.81. The van der Waals surface area contributed by atoms with Crippen LogP contribution in [0.15, 0.2) is 24.3 Å². The number of hydrogen-bond acceptors (Lipinski definition) is 3. The molecule has 0 aliphatic carbocycles. The zero-order valence-electron chi connectivity index (χ0n) is 12.3. The van der Waals surface area contributed by atoms with Gasteiger partial charge in [-0.25, -0.2) is 0 Å². The summed E-state index contributed by atoms with van der Waals surface area (Å²) in [6, 6.07) is 9.31. The van der Waals surface area contributed by atoms with Crippen LogP contribution < -0.4 is 5.73 Å². The maximum absolute atomic E-state index is 5.81. The fourth-order valence-electron chi connectivity index (χ4n) is 3.08. The smallest absolute Gasteiger partial charge is 0.0223 e. The van der Waals surface area contributed by atoms with Crippen molar-refractivity contribution in [2.45, 2.75) is 31.8 Å². The monoisotopic (exact) mass is 261 g/mol. The number of likely N-dealkylation sites (tertiary alicyclic amines) is 1. The van der Waals surface area contributed by atoms with Gasteiger partial charge in [0.25, 0.3) is 0 Å². The first-order valence-electron chi connectivity index (χ1n) is 7.36. The van der Waals surface area contributed by atoms with Crippen LogP contribution in [0.4, 0.5) is 0 Å². The molecule has 1 aliphatic heterocycles.